The molecule has 5 heteroatoms. The predicted molar refractivity (Wildman–Crippen MR) is 92.9 cm³/mol. The Balaban J connectivity index is 0.000000924. The van der Waals surface area contributed by atoms with Gasteiger partial charge >= 0.3 is 0 Å². The number of aromatic nitrogens is 3. The molecule has 0 bridgehead atoms. The molecule has 0 aliphatic heterocycles. The molecule has 2 heterocycles. The third-order valence-corrected chi connectivity index (χ3v) is 3.35. The Kier molecular flexibility index (Phi) is 5.11. The normalized spacial score (nSPS) is 10.1. The number of hydrogen-bond acceptors (Lipinski definition) is 3. The van der Waals surface area contributed by atoms with Crippen molar-refractivity contribution in [1.82, 2.24) is 14.4 Å². The molecular formula is C18H22N4O. The molecule has 0 saturated carbocycles. The van der Waals surface area contributed by atoms with E-state index in [9.17, 15) is 4.79 Å². The minimum absolute atomic E-state index is 0.251. The first-order valence-electron chi connectivity index (χ1n) is 7.74. The van der Waals surface area contributed by atoms with Gasteiger partial charge in [-0.25, -0.2) is 9.97 Å². The minimum atomic E-state index is -0.251. The standard InChI is InChI=1S/C16H16N4O.C2H6/c1-10-4-6-13(7-5-10)19-16(21)14-15-18-11(2)8-12(3)20(15)9-17-14;1-2/h4-9H,1-3H3,(H,19,21);1-2H3. The van der Waals surface area contributed by atoms with Crippen molar-refractivity contribution < 1.29 is 4.79 Å². The molecule has 0 atom stereocenters. The van der Waals surface area contributed by atoms with Crippen LogP contribution in [0.2, 0.25) is 0 Å². The molecule has 1 aromatic carbocycles. The number of carbonyl (C=O) groups is 1. The summed E-state index contributed by atoms with van der Waals surface area (Å²) in [6, 6.07) is 9.60. The molecule has 120 valence electrons. The van der Waals surface area contributed by atoms with Crippen LogP contribution in [0.25, 0.3) is 5.65 Å². The third kappa shape index (κ3) is 3.56. The van der Waals surface area contributed by atoms with Gasteiger partial charge in [-0.1, -0.05) is 31.5 Å². The lowest BCUT2D eigenvalue weighted by atomic mass is 10.2. The van der Waals surface area contributed by atoms with Crippen molar-refractivity contribution in [3.8, 4) is 0 Å². The van der Waals surface area contributed by atoms with Crippen LogP contribution in [0.15, 0.2) is 36.7 Å². The van der Waals surface area contributed by atoms with Crippen LogP contribution >= 0.6 is 0 Å². The average molecular weight is 310 g/mol. The highest BCUT2D eigenvalue weighted by molar-refractivity contribution is 6.06. The zero-order valence-corrected chi connectivity index (χ0v) is 14.2. The highest BCUT2D eigenvalue weighted by Crippen LogP contribution is 2.14. The molecule has 0 fully saturated rings. The fourth-order valence-electron chi connectivity index (χ4n) is 2.27. The molecule has 1 N–H and O–H groups in total. The summed E-state index contributed by atoms with van der Waals surface area (Å²) in [5.74, 6) is -0.251. The van der Waals surface area contributed by atoms with Crippen molar-refractivity contribution >= 4 is 17.2 Å². The zero-order valence-electron chi connectivity index (χ0n) is 14.2. The summed E-state index contributed by atoms with van der Waals surface area (Å²) in [6.07, 6.45) is 1.63. The highest BCUT2D eigenvalue weighted by atomic mass is 16.1. The Hall–Kier alpha value is -2.69. The number of amides is 1. The SMILES string of the molecule is CC.Cc1ccc(NC(=O)c2ncn3c(C)cc(C)nc23)cc1. The second-order valence-electron chi connectivity index (χ2n) is 5.15. The van der Waals surface area contributed by atoms with E-state index in [1.807, 2.05) is 69.4 Å². The zero-order chi connectivity index (χ0) is 17.0. The van der Waals surface area contributed by atoms with Gasteiger partial charge in [-0.05, 0) is 39.0 Å². The van der Waals surface area contributed by atoms with Gasteiger partial charge in [0.2, 0.25) is 0 Å². The lowest BCUT2D eigenvalue weighted by Gasteiger charge is -2.05. The van der Waals surface area contributed by atoms with E-state index in [1.54, 1.807) is 6.33 Å². The maximum absolute atomic E-state index is 12.4. The van der Waals surface area contributed by atoms with Gasteiger partial charge in [0.25, 0.3) is 5.91 Å². The number of imidazole rings is 1. The molecule has 1 amide bonds. The van der Waals surface area contributed by atoms with Crippen LogP contribution in [-0.2, 0) is 0 Å². The Morgan fingerprint density at radius 1 is 1.09 bits per heavy atom. The van der Waals surface area contributed by atoms with E-state index in [0.29, 0.717) is 11.3 Å². The van der Waals surface area contributed by atoms with Crippen LogP contribution < -0.4 is 5.32 Å². The molecule has 2 aromatic heterocycles. The van der Waals surface area contributed by atoms with E-state index < -0.39 is 0 Å². The molecule has 3 rings (SSSR count). The molecule has 0 radical (unpaired) electrons. The fraction of sp³-hybridized carbons (Fsp3) is 0.278. The quantitative estimate of drug-likeness (QED) is 0.780. The number of nitrogens with zero attached hydrogens (tertiary/aromatic N) is 3. The van der Waals surface area contributed by atoms with Gasteiger partial charge in [-0.15, -0.1) is 0 Å². The molecule has 0 aliphatic rings. The number of carbonyl (C=O) groups excluding carboxylic acids is 1. The minimum Gasteiger partial charge on any atom is -0.321 e. The molecule has 0 spiro atoms. The summed E-state index contributed by atoms with van der Waals surface area (Å²) in [6.45, 7) is 9.87. The maximum Gasteiger partial charge on any atom is 0.278 e. The Labute approximate surface area is 136 Å². The van der Waals surface area contributed by atoms with Gasteiger partial charge in [0.15, 0.2) is 11.3 Å². The van der Waals surface area contributed by atoms with Gasteiger partial charge in [0.05, 0.1) is 0 Å². The average Bonchev–Trinajstić information content (AvgIpc) is 2.95. The Bertz CT molecular complexity index is 819. The van der Waals surface area contributed by atoms with E-state index in [1.165, 1.54) is 0 Å². The van der Waals surface area contributed by atoms with E-state index in [2.05, 4.69) is 15.3 Å². The van der Waals surface area contributed by atoms with E-state index in [0.717, 1.165) is 22.6 Å². The van der Waals surface area contributed by atoms with Gasteiger partial charge in [-0.2, -0.15) is 0 Å². The first-order valence-corrected chi connectivity index (χ1v) is 7.74. The largest absolute Gasteiger partial charge is 0.321 e. The Morgan fingerprint density at radius 2 is 1.74 bits per heavy atom. The summed E-state index contributed by atoms with van der Waals surface area (Å²) in [7, 11) is 0. The Morgan fingerprint density at radius 3 is 2.39 bits per heavy atom. The van der Waals surface area contributed by atoms with E-state index in [4.69, 9.17) is 0 Å². The molecule has 3 aromatic rings. The maximum atomic E-state index is 12.4. The van der Waals surface area contributed by atoms with Gasteiger partial charge in [-0.3, -0.25) is 9.20 Å². The number of nitrogens with one attached hydrogen (secondary N) is 1. The molecule has 0 unspecified atom stereocenters. The molecule has 0 saturated heterocycles. The second kappa shape index (κ2) is 7.05. The van der Waals surface area contributed by atoms with Crippen molar-refractivity contribution in [1.29, 1.82) is 0 Å². The van der Waals surface area contributed by atoms with Crippen molar-refractivity contribution in [2.45, 2.75) is 34.6 Å². The number of fused-ring (bicyclic) bond motifs is 1. The number of benzene rings is 1. The highest BCUT2D eigenvalue weighted by Gasteiger charge is 2.16. The van der Waals surface area contributed by atoms with Crippen molar-refractivity contribution in [3.05, 3.63) is 59.3 Å². The molecular weight excluding hydrogens is 288 g/mol. The van der Waals surface area contributed by atoms with Crippen LogP contribution in [0.5, 0.6) is 0 Å². The van der Waals surface area contributed by atoms with Gasteiger partial charge in [0.1, 0.15) is 6.33 Å². The van der Waals surface area contributed by atoms with Crippen molar-refractivity contribution in [2.24, 2.45) is 0 Å². The number of aryl methyl sites for hydroxylation is 3. The van der Waals surface area contributed by atoms with E-state index in [-0.39, 0.29) is 5.91 Å². The molecule has 23 heavy (non-hydrogen) atoms. The summed E-state index contributed by atoms with van der Waals surface area (Å²) in [5, 5.41) is 2.85. The van der Waals surface area contributed by atoms with E-state index >= 15 is 0 Å². The second-order valence-corrected chi connectivity index (χ2v) is 5.15. The van der Waals surface area contributed by atoms with Gasteiger partial charge in [0, 0.05) is 17.1 Å². The monoisotopic (exact) mass is 310 g/mol. The first kappa shape index (κ1) is 16.7. The third-order valence-electron chi connectivity index (χ3n) is 3.35. The van der Waals surface area contributed by atoms with Crippen LogP contribution in [0.1, 0.15) is 41.3 Å². The van der Waals surface area contributed by atoms with Crippen molar-refractivity contribution in [3.63, 3.8) is 0 Å². The number of anilines is 1. The molecule has 5 nitrogen and oxygen atoms in total. The van der Waals surface area contributed by atoms with Crippen molar-refractivity contribution in [2.75, 3.05) is 5.32 Å². The predicted octanol–water partition coefficient (Wildman–Crippen LogP) is 3.93. The van der Waals surface area contributed by atoms with Crippen LogP contribution in [0.4, 0.5) is 5.69 Å². The number of rotatable bonds is 2. The lowest BCUT2D eigenvalue weighted by Crippen LogP contribution is -2.13. The van der Waals surface area contributed by atoms with Gasteiger partial charge < -0.3 is 5.32 Å². The smallest absolute Gasteiger partial charge is 0.278 e. The summed E-state index contributed by atoms with van der Waals surface area (Å²) in [4.78, 5) is 21.0. The number of hydrogen-bond donors (Lipinski definition) is 1. The summed E-state index contributed by atoms with van der Waals surface area (Å²) in [5.41, 5.74) is 4.67. The topological polar surface area (TPSA) is 59.3 Å². The molecule has 0 aliphatic carbocycles. The summed E-state index contributed by atoms with van der Waals surface area (Å²) < 4.78 is 1.82. The van der Waals surface area contributed by atoms with Crippen LogP contribution in [-0.4, -0.2) is 20.3 Å². The first-order chi connectivity index (χ1) is 11.0. The lowest BCUT2D eigenvalue weighted by molar-refractivity contribution is 0.102. The van der Waals surface area contributed by atoms with Crippen LogP contribution in [0, 0.1) is 20.8 Å². The fourth-order valence-corrected chi connectivity index (χ4v) is 2.27. The summed E-state index contributed by atoms with van der Waals surface area (Å²) >= 11 is 0. The van der Waals surface area contributed by atoms with Crippen LogP contribution in [0.3, 0.4) is 0 Å².